The molecule has 0 saturated carbocycles. The van der Waals surface area contributed by atoms with Gasteiger partial charge in [0.15, 0.2) is 0 Å². The minimum atomic E-state index is -0.300. The highest BCUT2D eigenvalue weighted by atomic mass is 16.5. The number of likely N-dealkylation sites (N-methyl/N-ethyl adjacent to an activating group) is 4. The molecule has 0 saturated heterocycles. The van der Waals surface area contributed by atoms with Gasteiger partial charge in [-0.05, 0) is 156 Å². The SMILES string of the molecule is CCCC[N+](CC)(CCC)CCOC(=O)C1c2ccccc2-c2ccccc21.CCC[N+](CC)(CCOC(=O)C1c2ccccc2-c2ccccc21)C(C)CC.CC[N+](CC)(CC)CCOC(=O)C1c2ccccc2-c2ccccc21.C[N+](C)(C)CCOC(=O)C1c2ccccc2-c2ccccc21. The van der Waals surface area contributed by atoms with Crippen LogP contribution in [0.15, 0.2) is 194 Å². The Labute approximate surface area is 616 Å². The van der Waals surface area contributed by atoms with Gasteiger partial charge in [-0.3, -0.25) is 19.2 Å². The summed E-state index contributed by atoms with van der Waals surface area (Å²) in [5, 5.41) is 0. The van der Waals surface area contributed by atoms with Gasteiger partial charge in [0.05, 0.1) is 79.5 Å². The molecule has 3 unspecified atom stereocenters. The molecule has 8 aromatic rings. The summed E-state index contributed by atoms with van der Waals surface area (Å²) in [5.74, 6) is -1.68. The smallest absolute Gasteiger partial charge is 0.318 e. The highest BCUT2D eigenvalue weighted by molar-refractivity contribution is 5.96. The molecule has 8 aromatic carbocycles. The molecule has 0 aromatic heterocycles. The van der Waals surface area contributed by atoms with E-state index in [1.807, 2.05) is 121 Å². The zero-order chi connectivity index (χ0) is 73.7. The highest BCUT2D eigenvalue weighted by Gasteiger charge is 2.40. The molecule has 546 valence electrons. The second-order valence-corrected chi connectivity index (χ2v) is 29.5. The zero-order valence-corrected chi connectivity index (χ0v) is 64.3. The first kappa shape index (κ1) is 78.6. The average Bonchev–Trinajstić information content (AvgIpc) is 1.63. The van der Waals surface area contributed by atoms with Gasteiger partial charge in [0.1, 0.15) is 76.3 Å². The monoisotopic (exact) mass is 1390 g/mol. The molecule has 0 aliphatic heterocycles. The van der Waals surface area contributed by atoms with Gasteiger partial charge in [0.25, 0.3) is 0 Å². The van der Waals surface area contributed by atoms with Gasteiger partial charge in [-0.2, -0.15) is 0 Å². The molecule has 4 aliphatic rings. The van der Waals surface area contributed by atoms with E-state index in [0.717, 1.165) is 198 Å². The van der Waals surface area contributed by atoms with E-state index in [1.54, 1.807) is 0 Å². The summed E-state index contributed by atoms with van der Waals surface area (Å²) in [7, 11) is 6.27. The maximum Gasteiger partial charge on any atom is 0.318 e. The molecule has 3 atom stereocenters. The number of esters is 4. The van der Waals surface area contributed by atoms with Crippen LogP contribution < -0.4 is 0 Å². The van der Waals surface area contributed by atoms with Crippen LogP contribution in [-0.4, -0.2) is 174 Å². The number of carbonyl (C=O) groups is 4. The Bertz CT molecular complexity index is 3920. The highest BCUT2D eigenvalue weighted by Crippen LogP contribution is 2.49. The summed E-state index contributed by atoms with van der Waals surface area (Å²) in [6.45, 7) is 36.7. The fourth-order valence-electron chi connectivity index (χ4n) is 16.3. The largest absolute Gasteiger partial charge is 0.459 e. The average molecular weight is 1400 g/mol. The van der Waals surface area contributed by atoms with E-state index < -0.39 is 0 Å². The van der Waals surface area contributed by atoms with Crippen LogP contribution in [0.3, 0.4) is 0 Å². The first-order chi connectivity index (χ1) is 49.9. The molecule has 12 rings (SSSR count). The van der Waals surface area contributed by atoms with Crippen molar-refractivity contribution in [3.8, 4) is 44.5 Å². The fraction of sp³-hybridized carbons (Fsp3) is 0.429. The first-order valence-electron chi connectivity index (χ1n) is 38.6. The lowest BCUT2D eigenvalue weighted by Gasteiger charge is -2.42. The van der Waals surface area contributed by atoms with E-state index in [4.69, 9.17) is 18.9 Å². The molecule has 0 radical (unpaired) electrons. The predicted octanol–water partition coefficient (Wildman–Crippen LogP) is 18.0. The molecule has 4 aliphatic carbocycles. The van der Waals surface area contributed by atoms with Crippen LogP contribution >= 0.6 is 0 Å². The molecule has 0 N–H and O–H groups in total. The predicted molar refractivity (Wildman–Crippen MR) is 420 cm³/mol. The van der Waals surface area contributed by atoms with Crippen molar-refractivity contribution in [2.24, 2.45) is 0 Å². The Morgan fingerprint density at radius 1 is 0.301 bits per heavy atom. The summed E-state index contributed by atoms with van der Waals surface area (Å²) < 4.78 is 26.9. The number of benzene rings is 8. The molecule has 0 bridgehead atoms. The van der Waals surface area contributed by atoms with Gasteiger partial charge in [-0.25, -0.2) is 0 Å². The van der Waals surface area contributed by atoms with E-state index >= 15 is 0 Å². The Balaban J connectivity index is 0.000000160. The first-order valence-corrected chi connectivity index (χ1v) is 38.6. The maximum absolute atomic E-state index is 13.1. The number of fused-ring (bicyclic) bond motifs is 12. The summed E-state index contributed by atoms with van der Waals surface area (Å²) in [4.78, 5) is 51.7. The molecule has 0 heterocycles. The van der Waals surface area contributed by atoms with Crippen LogP contribution in [-0.2, 0) is 38.1 Å². The standard InChI is InChI=1S/2C25H34NO2.C22H28NO2.C19H22NO2/c1-5-16-26(7-3,19(4)6-2)17-18-28-25(27)24-22-14-10-8-12-20(22)21-13-9-11-15-23(21)24;1-4-7-17-26(6-3,16-5-2)18-19-28-25(27)24-22-14-10-8-12-20(22)21-13-9-11-15-23(21)24;1-4-23(5-2,6-3)15-16-25-22(24)21-19-13-9-7-11-17(19)18-12-8-10-14-20(18)21;1-20(2,3)12-13-22-19(21)18-16-10-6-4-8-14(16)15-9-5-7-11-17(15)18/h8-15,19,24H,5-7,16-18H2,1-4H3;8-15,24H,4-7,16-19H2,1-3H3;7-14,21H,4-6,15-16H2,1-3H3;4-11,18H,12-13H2,1-3H3/q4*+1. The number of quaternary nitrogens is 4. The van der Waals surface area contributed by atoms with Crippen molar-refractivity contribution in [2.45, 2.75) is 131 Å². The van der Waals surface area contributed by atoms with E-state index in [2.05, 4.69) is 163 Å². The number of hydrogen-bond donors (Lipinski definition) is 0. The van der Waals surface area contributed by atoms with Crippen molar-refractivity contribution in [2.75, 3.05) is 126 Å². The summed E-state index contributed by atoms with van der Waals surface area (Å²) in [5.41, 5.74) is 17.8. The molecule has 0 fully saturated rings. The Kier molecular flexibility index (Phi) is 28.1. The van der Waals surface area contributed by atoms with E-state index in [0.29, 0.717) is 32.5 Å². The molecule has 12 nitrogen and oxygen atoms in total. The van der Waals surface area contributed by atoms with Crippen molar-refractivity contribution in [3.05, 3.63) is 239 Å². The minimum Gasteiger partial charge on any atom is -0.459 e. The van der Waals surface area contributed by atoms with Crippen LogP contribution in [0, 0.1) is 0 Å². The number of unbranched alkanes of at least 4 members (excludes halogenated alkanes) is 1. The Morgan fingerprint density at radius 2 is 0.553 bits per heavy atom. The molecule has 0 amide bonds. The Hall–Kier alpha value is -8.52. The minimum absolute atomic E-state index is 0.112. The van der Waals surface area contributed by atoms with Crippen LogP contribution in [0.25, 0.3) is 44.5 Å². The second-order valence-electron chi connectivity index (χ2n) is 29.5. The van der Waals surface area contributed by atoms with Crippen molar-refractivity contribution >= 4 is 23.9 Å². The van der Waals surface area contributed by atoms with E-state index in [-0.39, 0.29) is 47.5 Å². The van der Waals surface area contributed by atoms with Crippen LogP contribution in [0.5, 0.6) is 0 Å². The summed E-state index contributed by atoms with van der Waals surface area (Å²) in [6, 6.07) is 65.9. The van der Waals surface area contributed by atoms with Gasteiger partial charge in [0.2, 0.25) is 0 Å². The number of carbonyl (C=O) groups excluding carboxylic acids is 4. The van der Waals surface area contributed by atoms with Gasteiger partial charge >= 0.3 is 23.9 Å². The summed E-state index contributed by atoms with van der Waals surface area (Å²) in [6.07, 6.45) is 5.89. The number of rotatable bonds is 30. The molecular weight excluding hydrogens is 1280 g/mol. The molecule has 12 heteroatoms. The fourth-order valence-corrected chi connectivity index (χ4v) is 16.3. The topological polar surface area (TPSA) is 105 Å². The number of hydrogen-bond acceptors (Lipinski definition) is 8. The number of ether oxygens (including phenoxy) is 4. The van der Waals surface area contributed by atoms with Crippen LogP contribution in [0.1, 0.15) is 170 Å². The second kappa shape index (κ2) is 36.8. The van der Waals surface area contributed by atoms with Crippen LogP contribution in [0.4, 0.5) is 0 Å². The lowest BCUT2D eigenvalue weighted by atomic mass is 9.97. The van der Waals surface area contributed by atoms with Crippen LogP contribution in [0.2, 0.25) is 0 Å². The van der Waals surface area contributed by atoms with Gasteiger partial charge < -0.3 is 36.9 Å². The maximum atomic E-state index is 13.1. The number of nitrogens with zero attached hydrogens (tertiary/aromatic N) is 4. The quantitative estimate of drug-likeness (QED) is 0.0249. The molecule has 0 spiro atoms. The zero-order valence-electron chi connectivity index (χ0n) is 64.3. The third-order valence-corrected chi connectivity index (χ3v) is 22.9. The third kappa shape index (κ3) is 18.2. The van der Waals surface area contributed by atoms with Crippen molar-refractivity contribution < 1.29 is 56.1 Å². The molecular formula is C91H118N4O8+4. The third-order valence-electron chi connectivity index (χ3n) is 22.9. The lowest BCUT2D eigenvalue weighted by Crippen LogP contribution is -2.56. The Morgan fingerprint density at radius 3 is 0.786 bits per heavy atom. The summed E-state index contributed by atoms with van der Waals surface area (Å²) >= 11 is 0. The van der Waals surface area contributed by atoms with Crippen molar-refractivity contribution in [1.29, 1.82) is 0 Å². The van der Waals surface area contributed by atoms with Crippen molar-refractivity contribution in [3.63, 3.8) is 0 Å². The van der Waals surface area contributed by atoms with Gasteiger partial charge in [-0.1, -0.05) is 228 Å². The van der Waals surface area contributed by atoms with E-state index in [1.165, 1.54) is 19.4 Å². The van der Waals surface area contributed by atoms with Crippen molar-refractivity contribution in [1.82, 2.24) is 0 Å². The molecule has 103 heavy (non-hydrogen) atoms. The van der Waals surface area contributed by atoms with Gasteiger partial charge in [0, 0.05) is 0 Å². The normalized spacial score (nSPS) is 14.6. The lowest BCUT2D eigenvalue weighted by molar-refractivity contribution is -0.948. The van der Waals surface area contributed by atoms with E-state index in [9.17, 15) is 19.2 Å². The van der Waals surface area contributed by atoms with Gasteiger partial charge in [-0.15, -0.1) is 0 Å².